The highest BCUT2D eigenvalue weighted by molar-refractivity contribution is 8.76. The Morgan fingerprint density at radius 2 is 1.13 bits per heavy atom. The highest BCUT2D eigenvalue weighted by atomic mass is 33.1. The van der Waals surface area contributed by atoms with Crippen LogP contribution in [0.5, 0.6) is 0 Å². The minimum absolute atomic E-state index is 0.202. The van der Waals surface area contributed by atoms with Gasteiger partial charge in [0.15, 0.2) is 0 Å². The van der Waals surface area contributed by atoms with Gasteiger partial charge in [0.1, 0.15) is 0 Å². The summed E-state index contributed by atoms with van der Waals surface area (Å²) in [6.45, 7) is 4.11. The van der Waals surface area contributed by atoms with Gasteiger partial charge >= 0.3 is 0 Å². The summed E-state index contributed by atoms with van der Waals surface area (Å²) in [5.74, 6) is -0.489. The molecule has 0 fully saturated rings. The largest absolute Gasteiger partial charge is 0.391 e. The van der Waals surface area contributed by atoms with Crippen molar-refractivity contribution in [2.45, 2.75) is 48.7 Å². The lowest BCUT2D eigenvalue weighted by Crippen LogP contribution is -2.32. The molecule has 0 aromatic heterocycles. The van der Waals surface area contributed by atoms with Crippen LogP contribution in [0.1, 0.15) is 47.4 Å². The predicted octanol–water partition coefficient (Wildman–Crippen LogP) is 3.49. The Morgan fingerprint density at radius 1 is 0.767 bits per heavy atom. The molecule has 8 heteroatoms. The summed E-state index contributed by atoms with van der Waals surface area (Å²) >= 11 is 0. The first-order valence-electron chi connectivity index (χ1n) is 9.91. The molecule has 0 radical (unpaired) electrons. The number of amides is 2. The first-order valence-corrected chi connectivity index (χ1v) is 12.1. The van der Waals surface area contributed by atoms with Crippen LogP contribution < -0.4 is 10.6 Å². The number of nitrogens with one attached hydrogen (secondary N) is 2. The first-order chi connectivity index (χ1) is 14.5. The molecule has 0 saturated carbocycles. The third-order valence-electron chi connectivity index (χ3n) is 4.42. The molecule has 2 unspecified atom stereocenters. The lowest BCUT2D eigenvalue weighted by molar-refractivity contribution is 0.0905. The van der Waals surface area contributed by atoms with Gasteiger partial charge < -0.3 is 20.8 Å². The van der Waals surface area contributed by atoms with Crippen LogP contribution in [0.2, 0.25) is 0 Å². The van der Waals surface area contributed by atoms with E-state index in [1.54, 1.807) is 24.3 Å². The van der Waals surface area contributed by atoms with Crippen molar-refractivity contribution < 1.29 is 19.8 Å². The van der Waals surface area contributed by atoms with Gasteiger partial charge in [-0.1, -0.05) is 59.7 Å². The predicted molar refractivity (Wildman–Crippen MR) is 122 cm³/mol. The van der Waals surface area contributed by atoms with Gasteiger partial charge in [-0.15, -0.1) is 0 Å². The van der Waals surface area contributed by atoms with E-state index >= 15 is 0 Å². The normalized spacial score (nSPS) is 12.8. The topological polar surface area (TPSA) is 98.7 Å². The van der Waals surface area contributed by atoms with Gasteiger partial charge in [0.2, 0.25) is 0 Å². The summed E-state index contributed by atoms with van der Waals surface area (Å²) in [6.07, 6.45) is 0.000860. The Bertz CT molecular complexity index is 778. The molecule has 4 N–H and O–H groups in total. The molecule has 2 aromatic carbocycles. The Morgan fingerprint density at radius 3 is 1.50 bits per heavy atom. The summed E-state index contributed by atoms with van der Waals surface area (Å²) < 4.78 is 0. The van der Waals surface area contributed by atoms with Crippen molar-refractivity contribution in [1.82, 2.24) is 10.6 Å². The van der Waals surface area contributed by atoms with Gasteiger partial charge in [0, 0.05) is 22.9 Å². The zero-order valence-electron chi connectivity index (χ0n) is 17.1. The second-order valence-electron chi connectivity index (χ2n) is 6.70. The summed E-state index contributed by atoms with van der Waals surface area (Å²) in [5, 5.41) is 24.9. The smallest absolute Gasteiger partial charge is 0.252 e. The van der Waals surface area contributed by atoms with Crippen LogP contribution >= 0.6 is 21.6 Å². The first kappa shape index (κ1) is 24.3. The van der Waals surface area contributed by atoms with E-state index in [0.29, 0.717) is 24.0 Å². The Kier molecular flexibility index (Phi) is 10.2. The molecule has 6 nitrogen and oxygen atoms in total. The molecule has 0 saturated heterocycles. The summed E-state index contributed by atoms with van der Waals surface area (Å²) in [4.78, 5) is 26.6. The maximum atomic E-state index is 12.5. The van der Waals surface area contributed by atoms with Crippen molar-refractivity contribution in [2.75, 3.05) is 13.1 Å². The number of rotatable bonds is 11. The van der Waals surface area contributed by atoms with Crippen LogP contribution in [0.15, 0.2) is 58.3 Å². The fourth-order valence-electron chi connectivity index (χ4n) is 2.44. The molecule has 2 amide bonds. The molecular formula is C22H28N2O4S2. The zero-order valence-corrected chi connectivity index (χ0v) is 18.8. The molecular weight excluding hydrogens is 420 g/mol. The molecule has 2 aromatic rings. The van der Waals surface area contributed by atoms with Crippen LogP contribution in [0.4, 0.5) is 0 Å². The second-order valence-corrected chi connectivity index (χ2v) is 8.92. The van der Waals surface area contributed by atoms with Gasteiger partial charge in [0.25, 0.3) is 11.8 Å². The van der Waals surface area contributed by atoms with Gasteiger partial charge in [-0.25, -0.2) is 0 Å². The van der Waals surface area contributed by atoms with E-state index in [2.05, 4.69) is 10.6 Å². The van der Waals surface area contributed by atoms with Gasteiger partial charge in [-0.2, -0.15) is 0 Å². The van der Waals surface area contributed by atoms with E-state index in [0.717, 1.165) is 9.79 Å². The fourth-order valence-corrected chi connectivity index (χ4v) is 4.80. The highest BCUT2D eigenvalue weighted by Gasteiger charge is 2.16. The van der Waals surface area contributed by atoms with E-state index in [1.807, 2.05) is 38.1 Å². The monoisotopic (exact) mass is 448 g/mol. The Labute approximate surface area is 185 Å². The van der Waals surface area contributed by atoms with Crippen molar-refractivity contribution in [1.29, 1.82) is 0 Å². The lowest BCUT2D eigenvalue weighted by atomic mass is 10.2. The third kappa shape index (κ3) is 7.36. The number of hydrogen-bond acceptors (Lipinski definition) is 6. The van der Waals surface area contributed by atoms with Crippen LogP contribution in [0.3, 0.4) is 0 Å². The van der Waals surface area contributed by atoms with Crippen molar-refractivity contribution in [3.63, 3.8) is 0 Å². The molecule has 2 atom stereocenters. The Hall–Kier alpha value is -2.00. The highest BCUT2D eigenvalue weighted by Crippen LogP contribution is 2.40. The molecule has 0 spiro atoms. The van der Waals surface area contributed by atoms with E-state index in [-0.39, 0.29) is 24.9 Å². The molecule has 0 aliphatic heterocycles. The quantitative estimate of drug-likeness (QED) is 0.393. The van der Waals surface area contributed by atoms with E-state index in [1.165, 1.54) is 21.6 Å². The average molecular weight is 449 g/mol. The van der Waals surface area contributed by atoms with Crippen LogP contribution in [0.25, 0.3) is 0 Å². The van der Waals surface area contributed by atoms with E-state index in [9.17, 15) is 19.8 Å². The molecule has 2 rings (SSSR count). The zero-order chi connectivity index (χ0) is 21.9. The summed E-state index contributed by atoms with van der Waals surface area (Å²) in [6, 6.07) is 14.5. The average Bonchev–Trinajstić information content (AvgIpc) is 2.79. The number of hydrogen-bond donors (Lipinski definition) is 4. The van der Waals surface area contributed by atoms with E-state index in [4.69, 9.17) is 0 Å². The lowest BCUT2D eigenvalue weighted by Gasteiger charge is -2.13. The molecule has 0 aliphatic rings. The molecule has 162 valence electrons. The van der Waals surface area contributed by atoms with Crippen molar-refractivity contribution in [3.05, 3.63) is 59.7 Å². The number of carbonyl (C=O) groups is 2. The summed E-state index contributed by atoms with van der Waals surface area (Å²) in [7, 11) is 2.79. The van der Waals surface area contributed by atoms with E-state index < -0.39 is 12.2 Å². The Balaban J connectivity index is 2.08. The van der Waals surface area contributed by atoms with Gasteiger partial charge in [-0.05, 0) is 37.1 Å². The fraction of sp³-hybridized carbons (Fsp3) is 0.364. The minimum atomic E-state index is -0.570. The third-order valence-corrected chi connectivity index (χ3v) is 6.91. The number of benzene rings is 2. The summed E-state index contributed by atoms with van der Waals surface area (Å²) in [5.41, 5.74) is 1.04. The maximum Gasteiger partial charge on any atom is 0.252 e. The SMILES string of the molecule is CCC(O)CNC(=O)c1ccccc1SSc1ccccc1C(=O)NCC(O)CC. The van der Waals surface area contributed by atoms with Crippen LogP contribution in [0, 0.1) is 0 Å². The number of aliphatic hydroxyl groups is 2. The molecule has 0 heterocycles. The van der Waals surface area contributed by atoms with Crippen LogP contribution in [-0.2, 0) is 0 Å². The molecule has 0 bridgehead atoms. The standard InChI is InChI=1S/C22H28N2O4S2/c1-3-15(25)13-23-21(27)17-9-5-7-11-19(17)29-30-20-12-8-6-10-18(20)22(28)24-14-16(26)4-2/h5-12,15-16,25-26H,3-4,13-14H2,1-2H3,(H,23,27)(H,24,28). The van der Waals surface area contributed by atoms with Gasteiger partial charge in [-0.3, -0.25) is 9.59 Å². The van der Waals surface area contributed by atoms with Crippen LogP contribution in [-0.4, -0.2) is 47.3 Å². The number of carbonyl (C=O) groups excluding carboxylic acids is 2. The molecule has 0 aliphatic carbocycles. The maximum absolute atomic E-state index is 12.5. The number of aliphatic hydroxyl groups excluding tert-OH is 2. The van der Waals surface area contributed by atoms with Crippen molar-refractivity contribution >= 4 is 33.4 Å². The second kappa shape index (κ2) is 12.6. The van der Waals surface area contributed by atoms with Crippen molar-refractivity contribution in [3.8, 4) is 0 Å². The molecule has 30 heavy (non-hydrogen) atoms. The van der Waals surface area contributed by atoms with Crippen molar-refractivity contribution in [2.24, 2.45) is 0 Å². The minimum Gasteiger partial charge on any atom is -0.391 e. The van der Waals surface area contributed by atoms with Gasteiger partial charge in [0.05, 0.1) is 23.3 Å².